The number of hydrogen-bond donors (Lipinski definition) is 1. The summed E-state index contributed by atoms with van der Waals surface area (Å²) in [7, 11) is 0. The molecule has 0 spiro atoms. The van der Waals surface area contributed by atoms with Gasteiger partial charge in [-0.1, -0.05) is 16.5 Å². The van der Waals surface area contributed by atoms with Crippen LogP contribution in [-0.4, -0.2) is 35.9 Å². The first kappa shape index (κ1) is 14.5. The lowest BCUT2D eigenvalue weighted by Gasteiger charge is -2.06. The monoisotopic (exact) mass is 319 g/mol. The molecule has 2 aromatic carbocycles. The van der Waals surface area contributed by atoms with Crippen molar-refractivity contribution >= 4 is 28.0 Å². The van der Waals surface area contributed by atoms with Crippen molar-refractivity contribution in [2.24, 2.45) is 0 Å². The Hall–Kier alpha value is -3.09. The highest BCUT2D eigenvalue weighted by Gasteiger charge is 2.16. The normalized spacial score (nSPS) is 11.5. The molecule has 7 heteroatoms. The molecule has 0 aliphatic rings. The van der Waals surface area contributed by atoms with E-state index >= 15 is 0 Å². The molecule has 2 heterocycles. The van der Waals surface area contributed by atoms with Crippen LogP contribution < -0.4 is 0 Å². The van der Waals surface area contributed by atoms with E-state index in [1.165, 1.54) is 9.36 Å². The molecule has 0 aliphatic carbocycles. The number of nitrogens with one attached hydrogen (secondary N) is 1. The predicted molar refractivity (Wildman–Crippen MR) is 92.5 cm³/mol. The molecule has 0 fully saturated rings. The maximum atomic E-state index is 8.54. The summed E-state index contributed by atoms with van der Waals surface area (Å²) < 4.78 is 2.98. The van der Waals surface area contributed by atoms with Crippen LogP contribution >= 0.6 is 0 Å². The lowest BCUT2D eigenvalue weighted by atomic mass is 10.1. The Morgan fingerprint density at radius 3 is 2.29 bits per heavy atom. The van der Waals surface area contributed by atoms with Crippen LogP contribution in [0.15, 0.2) is 24.3 Å². The molecule has 120 valence electrons. The van der Waals surface area contributed by atoms with Crippen molar-refractivity contribution in [1.82, 2.24) is 30.0 Å². The summed E-state index contributed by atoms with van der Waals surface area (Å²) >= 11 is 0. The van der Waals surface area contributed by atoms with Gasteiger partial charge in [0, 0.05) is 0 Å². The van der Waals surface area contributed by atoms with E-state index in [9.17, 15) is 0 Å². The smallest absolute Gasteiger partial charge is 0.248 e. The van der Waals surface area contributed by atoms with E-state index in [1.807, 2.05) is 52.0 Å². The van der Waals surface area contributed by atoms with Crippen LogP contribution in [0, 0.1) is 33.1 Å². The Balaban J connectivity index is 1.91. The molecule has 0 radical (unpaired) electrons. The van der Waals surface area contributed by atoms with Gasteiger partial charge in [-0.05, 0) is 68.1 Å². The third-order valence-electron chi connectivity index (χ3n) is 4.61. The first-order valence-corrected chi connectivity index (χ1v) is 7.71. The Morgan fingerprint density at radius 2 is 1.50 bits per heavy atom. The van der Waals surface area contributed by atoms with Gasteiger partial charge in [0.2, 0.25) is 5.96 Å². The summed E-state index contributed by atoms with van der Waals surface area (Å²) in [4.78, 5) is 0. The third kappa shape index (κ3) is 1.94. The fraction of sp³-hybridized carbons (Fsp3) is 0.235. The van der Waals surface area contributed by atoms with E-state index in [-0.39, 0.29) is 5.96 Å². The molecule has 0 bridgehead atoms. The highest BCUT2D eigenvalue weighted by Crippen LogP contribution is 2.20. The SMILES string of the molecule is Cc1cc2nnn(C(=N)n3nnc4c(C)c(C)ccc43)c2cc1C. The lowest BCUT2D eigenvalue weighted by Crippen LogP contribution is -2.22. The van der Waals surface area contributed by atoms with Gasteiger partial charge in [0.15, 0.2) is 0 Å². The van der Waals surface area contributed by atoms with Gasteiger partial charge >= 0.3 is 0 Å². The molecule has 0 atom stereocenters. The topological polar surface area (TPSA) is 85.3 Å². The Morgan fingerprint density at radius 1 is 0.833 bits per heavy atom. The molecule has 1 N–H and O–H groups in total. The average molecular weight is 319 g/mol. The van der Waals surface area contributed by atoms with Crippen molar-refractivity contribution in [3.05, 3.63) is 46.5 Å². The molecule has 24 heavy (non-hydrogen) atoms. The highest BCUT2D eigenvalue weighted by molar-refractivity contribution is 5.95. The predicted octanol–water partition coefficient (Wildman–Crippen LogP) is 2.74. The van der Waals surface area contributed by atoms with Crippen LogP contribution in [0.1, 0.15) is 22.3 Å². The maximum absolute atomic E-state index is 8.54. The fourth-order valence-corrected chi connectivity index (χ4v) is 2.80. The van der Waals surface area contributed by atoms with Crippen LogP contribution in [-0.2, 0) is 0 Å². The van der Waals surface area contributed by atoms with Crippen LogP contribution in [0.3, 0.4) is 0 Å². The second-order valence-corrected chi connectivity index (χ2v) is 6.13. The van der Waals surface area contributed by atoms with Gasteiger partial charge in [-0.3, -0.25) is 5.41 Å². The van der Waals surface area contributed by atoms with E-state index in [2.05, 4.69) is 20.6 Å². The highest BCUT2D eigenvalue weighted by atomic mass is 15.6. The summed E-state index contributed by atoms with van der Waals surface area (Å²) in [5.41, 5.74) is 7.65. The van der Waals surface area contributed by atoms with E-state index in [0.29, 0.717) is 0 Å². The molecule has 0 saturated heterocycles. The van der Waals surface area contributed by atoms with Crippen LogP contribution in [0.2, 0.25) is 0 Å². The molecule has 7 nitrogen and oxygen atoms in total. The molecule has 4 aromatic rings. The first-order valence-electron chi connectivity index (χ1n) is 7.71. The van der Waals surface area contributed by atoms with E-state index in [1.54, 1.807) is 0 Å². The second kappa shape index (κ2) is 4.95. The fourth-order valence-electron chi connectivity index (χ4n) is 2.80. The van der Waals surface area contributed by atoms with Crippen molar-refractivity contribution in [1.29, 1.82) is 5.41 Å². The zero-order chi connectivity index (χ0) is 17.0. The van der Waals surface area contributed by atoms with Gasteiger partial charge in [0.05, 0.1) is 11.0 Å². The van der Waals surface area contributed by atoms with Crippen LogP contribution in [0.5, 0.6) is 0 Å². The summed E-state index contributed by atoms with van der Waals surface area (Å²) in [6.45, 7) is 8.12. The average Bonchev–Trinajstić information content (AvgIpc) is 3.15. The van der Waals surface area contributed by atoms with Gasteiger partial charge in [-0.25, -0.2) is 0 Å². The second-order valence-electron chi connectivity index (χ2n) is 6.13. The van der Waals surface area contributed by atoms with Crippen LogP contribution in [0.4, 0.5) is 0 Å². The minimum absolute atomic E-state index is 0.103. The van der Waals surface area contributed by atoms with E-state index in [0.717, 1.165) is 44.3 Å². The number of fused-ring (bicyclic) bond motifs is 2. The van der Waals surface area contributed by atoms with E-state index < -0.39 is 0 Å². The zero-order valence-corrected chi connectivity index (χ0v) is 14.0. The molecule has 0 saturated carbocycles. The maximum Gasteiger partial charge on any atom is 0.248 e. The van der Waals surface area contributed by atoms with Gasteiger partial charge in [-0.2, -0.15) is 9.36 Å². The Kier molecular flexibility index (Phi) is 2.99. The number of aryl methyl sites for hydroxylation is 4. The molecular weight excluding hydrogens is 302 g/mol. The molecule has 2 aromatic heterocycles. The quantitative estimate of drug-likeness (QED) is 0.399. The van der Waals surface area contributed by atoms with Crippen molar-refractivity contribution in [2.75, 3.05) is 0 Å². The van der Waals surface area contributed by atoms with Crippen LogP contribution in [0.25, 0.3) is 22.1 Å². The minimum atomic E-state index is 0.103. The molecule has 4 rings (SSSR count). The van der Waals surface area contributed by atoms with Crippen molar-refractivity contribution in [3.63, 3.8) is 0 Å². The lowest BCUT2D eigenvalue weighted by molar-refractivity contribution is 0.766. The summed E-state index contributed by atoms with van der Waals surface area (Å²) in [5.74, 6) is 0.103. The number of rotatable bonds is 0. The third-order valence-corrected chi connectivity index (χ3v) is 4.61. The summed E-state index contributed by atoms with van der Waals surface area (Å²) in [6.07, 6.45) is 0. The minimum Gasteiger partial charge on any atom is -0.265 e. The van der Waals surface area contributed by atoms with Gasteiger partial charge in [0.1, 0.15) is 11.0 Å². The van der Waals surface area contributed by atoms with Gasteiger partial charge in [0.25, 0.3) is 0 Å². The Bertz CT molecular complexity index is 1110. The standard InChI is InChI=1S/C17H17N7/c1-9-5-6-14-16(12(9)4)20-22-23(14)17(18)24-15-8-11(3)10(2)7-13(15)19-21-24/h5-8,18H,1-4H3. The number of aromatic nitrogens is 6. The largest absolute Gasteiger partial charge is 0.265 e. The van der Waals surface area contributed by atoms with Gasteiger partial charge < -0.3 is 0 Å². The molecular formula is C17H17N7. The van der Waals surface area contributed by atoms with Crippen molar-refractivity contribution in [3.8, 4) is 0 Å². The number of nitrogens with zero attached hydrogens (tertiary/aromatic N) is 6. The summed E-state index contributed by atoms with van der Waals surface area (Å²) in [5, 5.41) is 25.2. The number of benzene rings is 2. The first-order chi connectivity index (χ1) is 11.5. The Labute approximate surface area is 138 Å². The van der Waals surface area contributed by atoms with Crippen molar-refractivity contribution < 1.29 is 0 Å². The number of hydrogen-bond acceptors (Lipinski definition) is 5. The molecule has 0 aliphatic heterocycles. The van der Waals surface area contributed by atoms with E-state index in [4.69, 9.17) is 5.41 Å². The summed E-state index contributed by atoms with van der Waals surface area (Å²) in [6, 6.07) is 7.92. The zero-order valence-electron chi connectivity index (χ0n) is 14.0. The van der Waals surface area contributed by atoms with Crippen molar-refractivity contribution in [2.45, 2.75) is 27.7 Å². The molecule has 0 amide bonds. The molecule has 0 unspecified atom stereocenters. The van der Waals surface area contributed by atoms with Gasteiger partial charge in [-0.15, -0.1) is 10.2 Å².